The number of carbonyl (C=O) groups excluding carboxylic acids is 1. The molecule has 1 aliphatic rings. The summed E-state index contributed by atoms with van der Waals surface area (Å²) in [4.78, 5) is 37.9. The molecule has 0 radical (unpaired) electrons. The number of carbonyl (C=O) groups is 1. The maximum atomic E-state index is 12.9. The van der Waals surface area contributed by atoms with Crippen LogP contribution in [-0.2, 0) is 0 Å². The Bertz CT molecular complexity index is 997. The zero-order chi connectivity index (χ0) is 18.1. The van der Waals surface area contributed by atoms with Gasteiger partial charge in [0.15, 0.2) is 0 Å². The minimum absolute atomic E-state index is 0.00125. The number of aromatic nitrogens is 5. The molecule has 1 atom stereocenters. The summed E-state index contributed by atoms with van der Waals surface area (Å²) >= 11 is 0. The van der Waals surface area contributed by atoms with Gasteiger partial charge in [0, 0.05) is 30.7 Å². The fourth-order valence-corrected chi connectivity index (χ4v) is 3.19. The van der Waals surface area contributed by atoms with Crippen LogP contribution in [0.15, 0.2) is 40.1 Å². The van der Waals surface area contributed by atoms with E-state index in [1.807, 2.05) is 0 Å². The van der Waals surface area contributed by atoms with Gasteiger partial charge in [-0.25, -0.2) is 9.61 Å². The number of hydrogen-bond acceptors (Lipinski definition) is 7. The second-order valence-electron chi connectivity index (χ2n) is 6.11. The van der Waals surface area contributed by atoms with Crippen molar-refractivity contribution in [1.82, 2.24) is 30.2 Å². The fraction of sp³-hybridized carbons (Fsp3) is 0.294. The monoisotopic (exact) mass is 352 g/mol. The molecule has 4 heterocycles. The molecule has 1 fully saturated rings. The highest BCUT2D eigenvalue weighted by molar-refractivity contribution is 5.94. The van der Waals surface area contributed by atoms with Gasteiger partial charge in [0.25, 0.3) is 11.5 Å². The normalized spacial score (nSPS) is 16.8. The van der Waals surface area contributed by atoms with E-state index in [0.717, 1.165) is 12.8 Å². The van der Waals surface area contributed by atoms with Crippen molar-refractivity contribution < 1.29 is 9.42 Å². The van der Waals surface area contributed by atoms with E-state index in [2.05, 4.69) is 25.3 Å². The molecule has 132 valence electrons. The Morgan fingerprint density at radius 1 is 1.35 bits per heavy atom. The van der Waals surface area contributed by atoms with Crippen molar-refractivity contribution in [3.63, 3.8) is 0 Å². The van der Waals surface area contributed by atoms with Crippen LogP contribution in [0.2, 0.25) is 0 Å². The Balaban J connectivity index is 1.64. The van der Waals surface area contributed by atoms with E-state index in [9.17, 15) is 9.59 Å². The number of aryl methyl sites for hydroxylation is 1. The number of amides is 1. The Kier molecular flexibility index (Phi) is 4.04. The summed E-state index contributed by atoms with van der Waals surface area (Å²) in [6.45, 7) is 2.32. The van der Waals surface area contributed by atoms with Gasteiger partial charge in [-0.05, 0) is 31.9 Å². The second kappa shape index (κ2) is 6.51. The highest BCUT2D eigenvalue weighted by atomic mass is 16.6. The zero-order valence-electron chi connectivity index (χ0n) is 14.0. The maximum Gasteiger partial charge on any atom is 0.264 e. The molecule has 1 N–H and O–H groups in total. The molecule has 4 rings (SSSR count). The number of nitrogens with one attached hydrogen (secondary N) is 1. The van der Waals surface area contributed by atoms with E-state index in [1.165, 1.54) is 6.20 Å². The van der Waals surface area contributed by atoms with E-state index in [4.69, 9.17) is 4.63 Å². The van der Waals surface area contributed by atoms with Crippen LogP contribution in [0, 0.1) is 6.92 Å². The van der Waals surface area contributed by atoms with E-state index < -0.39 is 5.56 Å². The van der Waals surface area contributed by atoms with Gasteiger partial charge in [0.05, 0.1) is 6.04 Å². The quantitative estimate of drug-likeness (QED) is 0.759. The molecule has 0 spiro atoms. The van der Waals surface area contributed by atoms with Gasteiger partial charge in [-0.2, -0.15) is 0 Å². The van der Waals surface area contributed by atoms with Crippen LogP contribution in [0.1, 0.15) is 40.6 Å². The molecule has 0 aromatic carbocycles. The van der Waals surface area contributed by atoms with Crippen molar-refractivity contribution in [2.75, 3.05) is 6.54 Å². The largest absolute Gasteiger partial charge is 0.330 e. The lowest BCUT2D eigenvalue weighted by Gasteiger charge is -2.22. The van der Waals surface area contributed by atoms with Crippen LogP contribution in [0.4, 0.5) is 0 Å². The average molecular weight is 352 g/mol. The van der Waals surface area contributed by atoms with Crippen LogP contribution >= 0.6 is 0 Å². The van der Waals surface area contributed by atoms with E-state index in [1.54, 1.807) is 36.4 Å². The van der Waals surface area contributed by atoms with Crippen molar-refractivity contribution in [3.05, 3.63) is 58.0 Å². The summed E-state index contributed by atoms with van der Waals surface area (Å²) in [5, 5.41) is 7.69. The third-order valence-electron chi connectivity index (χ3n) is 4.48. The molecule has 0 bridgehead atoms. The molecule has 0 aliphatic carbocycles. The van der Waals surface area contributed by atoms with Crippen molar-refractivity contribution in [1.29, 1.82) is 0 Å². The first-order valence-corrected chi connectivity index (χ1v) is 8.25. The number of H-pyrrole nitrogens is 1. The standard InChI is InChI=1S/C17H16N6O3/c1-10-14(22-26-21-10)13-5-3-7-23(13)17(25)12-9-19-15(20-16(12)24)11-4-2-6-18-8-11/h2,4,6,8-9,13H,3,5,7H2,1H3,(H,19,20,24)/t13-/m1/s1. The second-order valence-corrected chi connectivity index (χ2v) is 6.11. The van der Waals surface area contributed by atoms with Gasteiger partial charge in [0.2, 0.25) is 0 Å². The Hall–Kier alpha value is -3.36. The number of rotatable bonds is 3. The van der Waals surface area contributed by atoms with E-state index in [0.29, 0.717) is 29.3 Å². The highest BCUT2D eigenvalue weighted by Gasteiger charge is 2.35. The molecule has 9 nitrogen and oxygen atoms in total. The van der Waals surface area contributed by atoms with Crippen LogP contribution < -0.4 is 5.56 Å². The Morgan fingerprint density at radius 2 is 2.23 bits per heavy atom. The van der Waals surface area contributed by atoms with E-state index >= 15 is 0 Å². The number of aromatic amines is 1. The molecule has 1 aliphatic heterocycles. The van der Waals surface area contributed by atoms with E-state index in [-0.39, 0.29) is 17.5 Å². The summed E-state index contributed by atoms with van der Waals surface area (Å²) < 4.78 is 4.76. The van der Waals surface area contributed by atoms with Gasteiger partial charge in [-0.15, -0.1) is 0 Å². The first kappa shape index (κ1) is 16.1. The molecule has 0 saturated carbocycles. The van der Waals surface area contributed by atoms with Gasteiger partial charge in [0.1, 0.15) is 22.8 Å². The van der Waals surface area contributed by atoms with Gasteiger partial charge >= 0.3 is 0 Å². The number of likely N-dealkylation sites (tertiary alicyclic amines) is 1. The molecule has 0 unspecified atom stereocenters. The minimum Gasteiger partial charge on any atom is -0.330 e. The van der Waals surface area contributed by atoms with Crippen molar-refractivity contribution in [3.8, 4) is 11.4 Å². The number of hydrogen-bond donors (Lipinski definition) is 1. The van der Waals surface area contributed by atoms with Crippen LogP contribution in [0.3, 0.4) is 0 Å². The molecule has 1 amide bonds. The Labute approximate surface area is 148 Å². The zero-order valence-corrected chi connectivity index (χ0v) is 14.0. The fourth-order valence-electron chi connectivity index (χ4n) is 3.19. The van der Waals surface area contributed by atoms with Crippen molar-refractivity contribution in [2.45, 2.75) is 25.8 Å². The third-order valence-corrected chi connectivity index (χ3v) is 4.48. The topological polar surface area (TPSA) is 118 Å². The van der Waals surface area contributed by atoms with Gasteiger partial charge in [-0.3, -0.25) is 14.6 Å². The van der Waals surface area contributed by atoms with Crippen LogP contribution in [0.5, 0.6) is 0 Å². The molecule has 3 aromatic heterocycles. The molecule has 26 heavy (non-hydrogen) atoms. The van der Waals surface area contributed by atoms with Gasteiger partial charge < -0.3 is 9.88 Å². The summed E-state index contributed by atoms with van der Waals surface area (Å²) in [7, 11) is 0. The van der Waals surface area contributed by atoms with Crippen molar-refractivity contribution >= 4 is 5.91 Å². The summed E-state index contributed by atoms with van der Waals surface area (Å²) in [6, 6.07) is 3.28. The summed E-state index contributed by atoms with van der Waals surface area (Å²) in [5.74, 6) is -0.00412. The molecule has 3 aromatic rings. The maximum absolute atomic E-state index is 12.9. The lowest BCUT2D eigenvalue weighted by molar-refractivity contribution is 0.0728. The minimum atomic E-state index is -0.482. The smallest absolute Gasteiger partial charge is 0.264 e. The first-order valence-electron chi connectivity index (χ1n) is 8.25. The summed E-state index contributed by atoms with van der Waals surface area (Å²) in [6.07, 6.45) is 6.11. The van der Waals surface area contributed by atoms with Gasteiger partial charge in [-0.1, -0.05) is 10.3 Å². The highest BCUT2D eigenvalue weighted by Crippen LogP contribution is 2.32. The van der Waals surface area contributed by atoms with Crippen molar-refractivity contribution in [2.24, 2.45) is 0 Å². The predicted molar refractivity (Wildman–Crippen MR) is 90.1 cm³/mol. The predicted octanol–water partition coefficient (Wildman–Crippen LogP) is 1.50. The average Bonchev–Trinajstić information content (AvgIpc) is 3.30. The summed E-state index contributed by atoms with van der Waals surface area (Å²) in [5.41, 5.74) is 1.47. The molecule has 1 saturated heterocycles. The third kappa shape index (κ3) is 2.77. The number of pyridine rings is 1. The van der Waals surface area contributed by atoms with Crippen LogP contribution in [-0.4, -0.2) is 42.6 Å². The lowest BCUT2D eigenvalue weighted by Crippen LogP contribution is -2.35. The number of nitrogens with zero attached hydrogens (tertiary/aromatic N) is 5. The van der Waals surface area contributed by atoms with Crippen LogP contribution in [0.25, 0.3) is 11.4 Å². The molecular weight excluding hydrogens is 336 g/mol. The molecule has 9 heteroatoms. The molecular formula is C17H16N6O3. The SMILES string of the molecule is Cc1nonc1[C@H]1CCCN1C(=O)c1cnc(-c2cccnc2)[nH]c1=O. The lowest BCUT2D eigenvalue weighted by atomic mass is 10.1. The Morgan fingerprint density at radius 3 is 2.92 bits per heavy atom. The first-order chi connectivity index (χ1) is 12.6.